The second kappa shape index (κ2) is 40.0. The van der Waals surface area contributed by atoms with Gasteiger partial charge < -0.3 is 14.9 Å². The van der Waals surface area contributed by atoms with E-state index in [0.29, 0.717) is 0 Å². The fourth-order valence-corrected chi connectivity index (χ4v) is 0.340. The number of rotatable bonds is 0. The van der Waals surface area contributed by atoms with Crippen molar-refractivity contribution >= 4 is 45.6 Å². The fraction of sp³-hybridized carbons (Fsp3) is 0.143. The molecule has 0 spiro atoms. The Balaban J connectivity index is -0.00000000714. The predicted molar refractivity (Wildman–Crippen MR) is 61.9 cm³/mol. The summed E-state index contributed by atoms with van der Waals surface area (Å²) in [6.07, 6.45) is 10.0. The van der Waals surface area contributed by atoms with E-state index in [9.17, 15) is 0 Å². The average Bonchev–Trinajstić information content (AvgIpc) is 1.76. The average molecular weight is 263 g/mol. The Bertz CT molecular complexity index is 76.7. The van der Waals surface area contributed by atoms with Crippen LogP contribution in [0.15, 0.2) is 18.2 Å². The first kappa shape index (κ1) is 51.4. The Morgan fingerprint density at radius 3 is 1.50 bits per heavy atom. The van der Waals surface area contributed by atoms with Gasteiger partial charge in [0.05, 0.1) is 0 Å². The third-order valence-electron chi connectivity index (χ3n) is 0.586. The molecule has 0 nitrogen and oxygen atoms in total. The Kier molecular flexibility index (Phi) is 171. The maximum absolute atomic E-state index is 2.99. The summed E-state index contributed by atoms with van der Waals surface area (Å²) < 4.78 is 0. The molecular weight excluding hydrogens is 249 g/mol. The van der Waals surface area contributed by atoms with Crippen molar-refractivity contribution in [1.29, 1.82) is 0 Å². The molecular formula is C7H14BCl3Ti. The van der Waals surface area contributed by atoms with Crippen molar-refractivity contribution in [3.63, 3.8) is 0 Å². The van der Waals surface area contributed by atoms with E-state index in [1.165, 1.54) is 0 Å². The maximum Gasteiger partial charge on any atom is 3.00 e. The molecule has 0 aliphatic heterocycles. The summed E-state index contributed by atoms with van der Waals surface area (Å²) in [5.41, 5.74) is 0. The van der Waals surface area contributed by atoms with Crippen LogP contribution in [-0.4, -0.2) is 8.41 Å². The molecule has 0 aromatic carbocycles. The Labute approximate surface area is 112 Å². The van der Waals surface area contributed by atoms with Gasteiger partial charge in [0.2, 0.25) is 0 Å². The third kappa shape index (κ3) is 30.4. The molecule has 0 amide bonds. The summed E-state index contributed by atoms with van der Waals surface area (Å²) >= 11 is 0. The molecule has 0 saturated carbocycles. The summed E-state index contributed by atoms with van der Waals surface area (Å²) in [6.45, 7) is 0. The van der Waals surface area contributed by atoms with Crippen molar-refractivity contribution < 1.29 is 21.7 Å². The van der Waals surface area contributed by atoms with Gasteiger partial charge in [-0.1, -0.05) is 0 Å². The molecule has 0 saturated heterocycles. The SMILES string of the molecule is Cl.Cl.Cl.[B].[C-]1=CC=CC1.[CH3-].[CH3-].[Ti+3]. The van der Waals surface area contributed by atoms with Gasteiger partial charge in [0, 0.05) is 8.41 Å². The monoisotopic (exact) mass is 262 g/mol. The van der Waals surface area contributed by atoms with Crippen LogP contribution in [0.4, 0.5) is 0 Å². The smallest absolute Gasteiger partial charge is 0.358 e. The first-order valence-corrected chi connectivity index (χ1v) is 1.72. The normalized spacial score (nSPS) is 7.33. The zero-order valence-corrected chi connectivity index (χ0v) is 11.3. The Hall–Kier alpha value is 1.13. The molecule has 1 rings (SSSR count). The minimum Gasteiger partial charge on any atom is -0.358 e. The first-order valence-electron chi connectivity index (χ1n) is 1.72. The van der Waals surface area contributed by atoms with Gasteiger partial charge in [-0.3, -0.25) is 6.08 Å². The summed E-state index contributed by atoms with van der Waals surface area (Å²) in [5.74, 6) is 0. The molecule has 0 atom stereocenters. The van der Waals surface area contributed by atoms with Crippen molar-refractivity contribution in [3.8, 4) is 0 Å². The minimum atomic E-state index is 0. The van der Waals surface area contributed by atoms with Crippen LogP contribution in [0.25, 0.3) is 0 Å². The molecule has 4 radical (unpaired) electrons. The van der Waals surface area contributed by atoms with Crippen LogP contribution in [0, 0.1) is 20.9 Å². The Morgan fingerprint density at radius 2 is 1.42 bits per heavy atom. The molecule has 0 aromatic heterocycles. The molecule has 5 heteroatoms. The quantitative estimate of drug-likeness (QED) is 0.465. The summed E-state index contributed by atoms with van der Waals surface area (Å²) in [4.78, 5) is 0. The number of allylic oxidation sites excluding steroid dienone is 4. The first-order chi connectivity index (χ1) is 2.50. The van der Waals surface area contributed by atoms with Gasteiger partial charge in [0.25, 0.3) is 0 Å². The molecule has 1 aliphatic carbocycles. The van der Waals surface area contributed by atoms with E-state index in [-0.39, 0.29) is 82.2 Å². The molecule has 0 bridgehead atoms. The van der Waals surface area contributed by atoms with Crippen molar-refractivity contribution in [2.45, 2.75) is 6.42 Å². The summed E-state index contributed by atoms with van der Waals surface area (Å²) in [5, 5.41) is 0. The summed E-state index contributed by atoms with van der Waals surface area (Å²) in [6, 6.07) is 0. The van der Waals surface area contributed by atoms with Gasteiger partial charge >= 0.3 is 21.7 Å². The van der Waals surface area contributed by atoms with Crippen LogP contribution in [0.1, 0.15) is 6.42 Å². The third-order valence-corrected chi connectivity index (χ3v) is 0.586. The van der Waals surface area contributed by atoms with Crippen LogP contribution in [0.5, 0.6) is 0 Å². The van der Waals surface area contributed by atoms with Crippen LogP contribution >= 0.6 is 37.2 Å². The number of hydrogen-bond acceptors (Lipinski definition) is 0. The second-order valence-electron chi connectivity index (χ2n) is 1.00. The van der Waals surface area contributed by atoms with E-state index in [4.69, 9.17) is 0 Å². The minimum absolute atomic E-state index is 0. The van der Waals surface area contributed by atoms with Crippen LogP contribution in [0.3, 0.4) is 0 Å². The van der Waals surface area contributed by atoms with E-state index in [1.54, 1.807) is 0 Å². The van der Waals surface area contributed by atoms with Crippen LogP contribution in [0.2, 0.25) is 0 Å². The van der Waals surface area contributed by atoms with Crippen molar-refractivity contribution in [1.82, 2.24) is 0 Å². The molecule has 70 valence electrons. The van der Waals surface area contributed by atoms with E-state index in [2.05, 4.69) is 12.2 Å². The van der Waals surface area contributed by atoms with Gasteiger partial charge in [-0.05, 0) is 0 Å². The van der Waals surface area contributed by atoms with Gasteiger partial charge in [0.1, 0.15) is 0 Å². The largest absolute Gasteiger partial charge is 3.00 e. The zero-order valence-electron chi connectivity index (χ0n) is 7.24. The van der Waals surface area contributed by atoms with E-state index in [0.717, 1.165) is 6.42 Å². The predicted octanol–water partition coefficient (Wildman–Crippen LogP) is 3.09. The van der Waals surface area contributed by atoms with Gasteiger partial charge in [0.15, 0.2) is 0 Å². The van der Waals surface area contributed by atoms with Crippen molar-refractivity contribution in [2.24, 2.45) is 0 Å². The van der Waals surface area contributed by atoms with E-state index in [1.807, 2.05) is 12.2 Å². The van der Waals surface area contributed by atoms with E-state index >= 15 is 0 Å². The fourth-order valence-electron chi connectivity index (χ4n) is 0.340. The molecule has 0 unspecified atom stereocenters. The topological polar surface area (TPSA) is 0 Å². The molecule has 1 aliphatic rings. The maximum atomic E-state index is 2.99. The second-order valence-corrected chi connectivity index (χ2v) is 1.00. The summed E-state index contributed by atoms with van der Waals surface area (Å²) in [7, 11) is 0. The molecule has 12 heavy (non-hydrogen) atoms. The van der Waals surface area contributed by atoms with E-state index < -0.39 is 0 Å². The number of halogens is 3. The van der Waals surface area contributed by atoms with Crippen LogP contribution < -0.4 is 0 Å². The van der Waals surface area contributed by atoms with Gasteiger partial charge in [-0.25, -0.2) is 12.2 Å². The molecule has 0 N–H and O–H groups in total. The van der Waals surface area contributed by atoms with Gasteiger partial charge in [-0.2, -0.15) is 6.08 Å². The molecule has 0 heterocycles. The Morgan fingerprint density at radius 1 is 1.00 bits per heavy atom. The molecule has 0 fully saturated rings. The zero-order chi connectivity index (χ0) is 3.54. The number of hydrogen-bond donors (Lipinski definition) is 0. The van der Waals surface area contributed by atoms with Crippen molar-refractivity contribution in [2.75, 3.05) is 0 Å². The standard InChI is InChI=1S/C5H5.2CH3.B.3ClH.Ti/c1-2-4-5-3-1;;;;;;;/h1-3H,4H2;2*1H3;;3*1H;/q3*-1;;;;;+3. The van der Waals surface area contributed by atoms with Crippen molar-refractivity contribution in [3.05, 3.63) is 39.2 Å². The van der Waals surface area contributed by atoms with Crippen LogP contribution in [-0.2, 0) is 21.7 Å². The molecule has 0 aromatic rings. The van der Waals surface area contributed by atoms with Gasteiger partial charge in [-0.15, -0.1) is 43.6 Å².